The molecule has 4 nitrogen and oxygen atoms in total. The molecule has 0 unspecified atom stereocenters. The van der Waals surface area contributed by atoms with Gasteiger partial charge in [0.15, 0.2) is 0 Å². The van der Waals surface area contributed by atoms with E-state index in [0.717, 1.165) is 25.3 Å². The predicted octanol–water partition coefficient (Wildman–Crippen LogP) is 2.92. The number of hydrogen-bond acceptors (Lipinski definition) is 4. The fraction of sp³-hybridized carbons (Fsp3) is 0.600. The molecule has 0 spiro atoms. The minimum atomic E-state index is 0.200. The first-order chi connectivity index (χ1) is 9.32. The van der Waals surface area contributed by atoms with Crippen molar-refractivity contribution in [3.8, 4) is 6.07 Å². The van der Waals surface area contributed by atoms with Crippen LogP contribution in [0, 0.1) is 11.3 Å². The van der Waals surface area contributed by atoms with Gasteiger partial charge in [0.05, 0.1) is 5.56 Å². The Morgan fingerprint density at radius 3 is 2.65 bits per heavy atom. The number of rotatable bonds is 2. The van der Waals surface area contributed by atoms with Crippen molar-refractivity contribution in [1.82, 2.24) is 9.88 Å². The number of likely N-dealkylation sites (tertiary alicyclic amines) is 1. The zero-order valence-corrected chi connectivity index (χ0v) is 13.3. The lowest BCUT2D eigenvalue weighted by molar-refractivity contribution is 0.172. The van der Waals surface area contributed by atoms with Gasteiger partial charge in [-0.25, -0.2) is 4.98 Å². The Bertz CT molecular complexity index is 530. The molecule has 1 atom stereocenters. The molecule has 0 saturated carbocycles. The number of likely N-dealkylation sites (N-methyl/N-ethyl adjacent to an activating group) is 1. The summed E-state index contributed by atoms with van der Waals surface area (Å²) < 4.78 is 0. The van der Waals surface area contributed by atoms with E-state index < -0.39 is 0 Å². The molecule has 5 heteroatoms. The first kappa shape index (κ1) is 15.1. The Labute approximate surface area is 126 Å². The van der Waals surface area contributed by atoms with Crippen LogP contribution in [0.5, 0.6) is 0 Å². The van der Waals surface area contributed by atoms with Crippen molar-refractivity contribution in [2.45, 2.75) is 38.8 Å². The molecule has 0 aromatic carbocycles. The van der Waals surface area contributed by atoms with Crippen molar-refractivity contribution in [2.24, 2.45) is 0 Å². The number of halogens is 1. The van der Waals surface area contributed by atoms with Crippen molar-refractivity contribution in [3.63, 3.8) is 0 Å². The van der Waals surface area contributed by atoms with Gasteiger partial charge in [0.25, 0.3) is 0 Å². The van der Waals surface area contributed by atoms with Crippen LogP contribution in [0.4, 0.5) is 5.82 Å². The van der Waals surface area contributed by atoms with Crippen molar-refractivity contribution >= 4 is 17.4 Å². The highest BCUT2D eigenvalue weighted by molar-refractivity contribution is 6.30. The van der Waals surface area contributed by atoms with Gasteiger partial charge < -0.3 is 4.90 Å². The summed E-state index contributed by atoms with van der Waals surface area (Å²) in [5, 5.41) is 9.17. The maximum absolute atomic E-state index is 8.89. The highest BCUT2D eigenvalue weighted by Crippen LogP contribution is 2.26. The zero-order chi connectivity index (χ0) is 14.9. The van der Waals surface area contributed by atoms with Gasteiger partial charge in [-0.3, -0.25) is 4.90 Å². The summed E-state index contributed by atoms with van der Waals surface area (Å²) in [6, 6.07) is 6.07. The Hall–Kier alpha value is -1.31. The summed E-state index contributed by atoms with van der Waals surface area (Å²) in [6.45, 7) is 8.85. The van der Waals surface area contributed by atoms with E-state index in [0.29, 0.717) is 11.6 Å². The van der Waals surface area contributed by atoms with Gasteiger partial charge in [-0.05, 0) is 39.3 Å². The SMILES string of the molecule is CN(c1ccc(C#N)c(Cl)n1)[C@@H]1CCN(C(C)(C)C)C1. The van der Waals surface area contributed by atoms with Crippen LogP contribution in [0.3, 0.4) is 0 Å². The largest absolute Gasteiger partial charge is 0.355 e. The molecule has 0 aliphatic carbocycles. The van der Waals surface area contributed by atoms with Crippen LogP contribution in [0.2, 0.25) is 5.15 Å². The fourth-order valence-electron chi connectivity index (χ4n) is 2.56. The van der Waals surface area contributed by atoms with E-state index in [9.17, 15) is 0 Å². The minimum absolute atomic E-state index is 0.200. The molecule has 1 aromatic heterocycles. The lowest BCUT2D eigenvalue weighted by atomic mass is 10.1. The highest BCUT2D eigenvalue weighted by atomic mass is 35.5. The van der Waals surface area contributed by atoms with E-state index in [4.69, 9.17) is 16.9 Å². The normalized spacial score (nSPS) is 19.9. The molecule has 1 aromatic rings. The van der Waals surface area contributed by atoms with E-state index >= 15 is 0 Å². The Balaban J connectivity index is 2.11. The van der Waals surface area contributed by atoms with Gasteiger partial charge in [0.1, 0.15) is 17.0 Å². The third kappa shape index (κ3) is 3.05. The fourth-order valence-corrected chi connectivity index (χ4v) is 2.75. The molecule has 0 radical (unpaired) electrons. The van der Waals surface area contributed by atoms with Gasteiger partial charge in [-0.2, -0.15) is 5.26 Å². The van der Waals surface area contributed by atoms with E-state index in [1.54, 1.807) is 6.07 Å². The summed E-state index contributed by atoms with van der Waals surface area (Å²) in [7, 11) is 2.04. The van der Waals surface area contributed by atoms with Crippen molar-refractivity contribution < 1.29 is 0 Å². The third-order valence-corrected chi connectivity index (χ3v) is 4.26. The first-order valence-electron chi connectivity index (χ1n) is 6.87. The molecule has 1 saturated heterocycles. The molecule has 1 fully saturated rings. The van der Waals surface area contributed by atoms with Gasteiger partial charge in [-0.15, -0.1) is 0 Å². The molecule has 20 heavy (non-hydrogen) atoms. The molecular weight excluding hydrogens is 272 g/mol. The Morgan fingerprint density at radius 2 is 2.15 bits per heavy atom. The number of hydrogen-bond donors (Lipinski definition) is 0. The molecule has 0 N–H and O–H groups in total. The summed E-state index contributed by atoms with van der Waals surface area (Å²) in [6.07, 6.45) is 1.12. The zero-order valence-electron chi connectivity index (χ0n) is 12.5. The van der Waals surface area contributed by atoms with Crippen LogP contribution in [0.15, 0.2) is 12.1 Å². The highest BCUT2D eigenvalue weighted by Gasteiger charge is 2.32. The molecular formula is C15H21ClN4. The second-order valence-electron chi connectivity index (χ2n) is 6.29. The van der Waals surface area contributed by atoms with Crippen LogP contribution in [-0.2, 0) is 0 Å². The number of aromatic nitrogens is 1. The average molecular weight is 293 g/mol. The average Bonchev–Trinajstić information content (AvgIpc) is 2.87. The summed E-state index contributed by atoms with van der Waals surface area (Å²) >= 11 is 6.01. The molecule has 0 amide bonds. The van der Waals surface area contributed by atoms with Crippen LogP contribution >= 0.6 is 11.6 Å². The van der Waals surface area contributed by atoms with E-state index in [1.165, 1.54) is 0 Å². The first-order valence-corrected chi connectivity index (χ1v) is 7.25. The predicted molar refractivity (Wildman–Crippen MR) is 82.1 cm³/mol. The lowest BCUT2D eigenvalue weighted by Crippen LogP contribution is -2.42. The quantitative estimate of drug-likeness (QED) is 0.786. The molecule has 0 bridgehead atoms. The van der Waals surface area contributed by atoms with Crippen LogP contribution in [0.1, 0.15) is 32.8 Å². The Kier molecular flexibility index (Phi) is 4.22. The second kappa shape index (κ2) is 5.59. The summed E-state index contributed by atoms with van der Waals surface area (Å²) in [5.41, 5.74) is 0.622. The topological polar surface area (TPSA) is 43.2 Å². The molecule has 108 valence electrons. The van der Waals surface area contributed by atoms with Gasteiger partial charge >= 0.3 is 0 Å². The van der Waals surface area contributed by atoms with Gasteiger partial charge in [-0.1, -0.05) is 11.6 Å². The van der Waals surface area contributed by atoms with E-state index in [1.807, 2.05) is 19.2 Å². The maximum atomic E-state index is 8.89. The lowest BCUT2D eigenvalue weighted by Gasteiger charge is -2.33. The number of anilines is 1. The molecule has 2 heterocycles. The van der Waals surface area contributed by atoms with Crippen LogP contribution < -0.4 is 4.90 Å². The number of nitriles is 1. The second-order valence-corrected chi connectivity index (χ2v) is 6.65. The maximum Gasteiger partial charge on any atom is 0.149 e. The van der Waals surface area contributed by atoms with Crippen molar-refractivity contribution in [2.75, 3.05) is 25.0 Å². The minimum Gasteiger partial charge on any atom is -0.355 e. The summed E-state index contributed by atoms with van der Waals surface area (Å²) in [4.78, 5) is 8.98. The number of nitrogens with zero attached hydrogens (tertiary/aromatic N) is 4. The van der Waals surface area contributed by atoms with Crippen molar-refractivity contribution in [3.05, 3.63) is 22.8 Å². The standard InChI is InChI=1S/C15H21ClN4/c1-15(2,3)20-8-7-12(10-20)19(4)13-6-5-11(9-17)14(16)18-13/h5-6,12H,7-8,10H2,1-4H3/t12-/m1/s1. The van der Waals surface area contributed by atoms with E-state index in [-0.39, 0.29) is 10.7 Å². The summed E-state index contributed by atoms with van der Waals surface area (Å²) in [5.74, 6) is 0.828. The molecule has 2 rings (SSSR count). The van der Waals surface area contributed by atoms with Crippen LogP contribution in [-0.4, -0.2) is 41.6 Å². The van der Waals surface area contributed by atoms with Crippen LogP contribution in [0.25, 0.3) is 0 Å². The Morgan fingerprint density at radius 1 is 1.45 bits per heavy atom. The third-order valence-electron chi connectivity index (χ3n) is 3.98. The van der Waals surface area contributed by atoms with Gasteiger partial charge in [0, 0.05) is 31.7 Å². The molecule has 1 aliphatic rings. The van der Waals surface area contributed by atoms with Crippen molar-refractivity contribution in [1.29, 1.82) is 5.26 Å². The van der Waals surface area contributed by atoms with Gasteiger partial charge in [0.2, 0.25) is 0 Å². The number of pyridine rings is 1. The van der Waals surface area contributed by atoms with E-state index in [2.05, 4.69) is 35.6 Å². The molecule has 1 aliphatic heterocycles. The smallest absolute Gasteiger partial charge is 0.149 e. The monoisotopic (exact) mass is 292 g/mol.